The molecule has 2 aromatic rings. The Labute approximate surface area is 122 Å². The zero-order valence-electron chi connectivity index (χ0n) is 10.9. The van der Waals surface area contributed by atoms with Crippen LogP contribution in [0.4, 0.5) is 4.39 Å². The quantitative estimate of drug-likeness (QED) is 0.873. The van der Waals surface area contributed by atoms with Gasteiger partial charge in [0.05, 0.1) is 0 Å². The summed E-state index contributed by atoms with van der Waals surface area (Å²) in [5, 5.41) is 3.23. The van der Waals surface area contributed by atoms with Crippen molar-refractivity contribution < 1.29 is 4.39 Å². The Hall–Kier alpha value is -1.19. The summed E-state index contributed by atoms with van der Waals surface area (Å²) >= 11 is 3.45. The first-order valence-corrected chi connectivity index (χ1v) is 7.13. The molecule has 0 spiro atoms. The first-order valence-electron chi connectivity index (χ1n) is 6.33. The Morgan fingerprint density at radius 3 is 2.26 bits per heavy atom. The van der Waals surface area contributed by atoms with Gasteiger partial charge < -0.3 is 5.32 Å². The van der Waals surface area contributed by atoms with E-state index in [9.17, 15) is 4.39 Å². The predicted octanol–water partition coefficient (Wildman–Crippen LogP) is 4.13. The van der Waals surface area contributed by atoms with E-state index in [-0.39, 0.29) is 5.82 Å². The largest absolute Gasteiger partial charge is 0.319 e. The van der Waals surface area contributed by atoms with E-state index in [0.29, 0.717) is 5.92 Å². The molecule has 1 N–H and O–H groups in total. The van der Waals surface area contributed by atoms with Gasteiger partial charge in [0.15, 0.2) is 0 Å². The lowest BCUT2D eigenvalue weighted by Crippen LogP contribution is -2.19. The summed E-state index contributed by atoms with van der Waals surface area (Å²) in [5.41, 5.74) is 2.45. The van der Waals surface area contributed by atoms with E-state index >= 15 is 0 Å². The molecule has 0 aliphatic rings. The van der Waals surface area contributed by atoms with Crippen molar-refractivity contribution in [1.29, 1.82) is 0 Å². The first kappa shape index (κ1) is 14.2. The van der Waals surface area contributed by atoms with Crippen molar-refractivity contribution in [2.45, 2.75) is 12.3 Å². The molecule has 0 radical (unpaired) electrons. The lowest BCUT2D eigenvalue weighted by molar-refractivity contribution is 0.615. The number of nitrogens with one attached hydrogen (secondary N) is 1. The molecule has 19 heavy (non-hydrogen) atoms. The molecule has 1 atom stereocenters. The van der Waals surface area contributed by atoms with Crippen LogP contribution >= 0.6 is 15.9 Å². The minimum Gasteiger partial charge on any atom is -0.319 e. The summed E-state index contributed by atoms with van der Waals surface area (Å²) in [5.74, 6) is 0.209. The fourth-order valence-corrected chi connectivity index (χ4v) is 2.46. The molecule has 0 aliphatic heterocycles. The highest BCUT2D eigenvalue weighted by Crippen LogP contribution is 2.22. The number of halogens is 2. The maximum atomic E-state index is 12.9. The topological polar surface area (TPSA) is 12.0 Å². The first-order chi connectivity index (χ1) is 9.19. The van der Waals surface area contributed by atoms with Gasteiger partial charge in [-0.25, -0.2) is 4.39 Å². The van der Waals surface area contributed by atoms with Crippen LogP contribution in [-0.2, 0) is 6.42 Å². The van der Waals surface area contributed by atoms with Gasteiger partial charge in [-0.05, 0) is 48.9 Å². The molecule has 0 bridgehead atoms. The van der Waals surface area contributed by atoms with Gasteiger partial charge in [0.1, 0.15) is 5.82 Å². The van der Waals surface area contributed by atoms with E-state index < -0.39 is 0 Å². The standard InChI is InChI=1S/C16H17BrFN/c1-19-11-14(13-4-6-15(17)7-5-13)10-12-2-8-16(18)9-3-12/h2-9,14,19H,10-11H2,1H3. The van der Waals surface area contributed by atoms with Crippen LogP contribution in [0.15, 0.2) is 53.0 Å². The van der Waals surface area contributed by atoms with E-state index in [1.54, 1.807) is 0 Å². The summed E-state index contributed by atoms with van der Waals surface area (Å²) in [6, 6.07) is 15.1. The zero-order valence-corrected chi connectivity index (χ0v) is 12.5. The van der Waals surface area contributed by atoms with Gasteiger partial charge in [0, 0.05) is 16.9 Å². The van der Waals surface area contributed by atoms with Crippen LogP contribution in [0.5, 0.6) is 0 Å². The molecule has 100 valence electrons. The zero-order chi connectivity index (χ0) is 13.7. The van der Waals surface area contributed by atoms with Crippen LogP contribution in [0.25, 0.3) is 0 Å². The Morgan fingerprint density at radius 2 is 1.68 bits per heavy atom. The Kier molecular flexibility index (Phi) is 5.11. The van der Waals surface area contributed by atoms with Gasteiger partial charge in [-0.1, -0.05) is 40.2 Å². The third-order valence-electron chi connectivity index (χ3n) is 3.19. The van der Waals surface area contributed by atoms with Gasteiger partial charge in [-0.15, -0.1) is 0 Å². The van der Waals surface area contributed by atoms with Crippen molar-refractivity contribution in [3.63, 3.8) is 0 Å². The Balaban J connectivity index is 2.15. The fourth-order valence-electron chi connectivity index (χ4n) is 2.19. The van der Waals surface area contributed by atoms with E-state index in [2.05, 4.69) is 45.5 Å². The molecule has 2 aromatic carbocycles. The van der Waals surface area contributed by atoms with Crippen LogP contribution in [0.1, 0.15) is 17.0 Å². The fraction of sp³-hybridized carbons (Fsp3) is 0.250. The number of hydrogen-bond donors (Lipinski definition) is 1. The minimum absolute atomic E-state index is 0.183. The van der Waals surface area contributed by atoms with Gasteiger partial charge >= 0.3 is 0 Å². The van der Waals surface area contributed by atoms with Crippen molar-refractivity contribution in [3.8, 4) is 0 Å². The number of benzene rings is 2. The lowest BCUT2D eigenvalue weighted by Gasteiger charge is -2.17. The van der Waals surface area contributed by atoms with E-state index in [0.717, 1.165) is 23.0 Å². The highest BCUT2D eigenvalue weighted by Gasteiger charge is 2.11. The second-order valence-electron chi connectivity index (χ2n) is 4.64. The molecule has 0 heterocycles. The van der Waals surface area contributed by atoms with Gasteiger partial charge in [-0.3, -0.25) is 0 Å². The maximum absolute atomic E-state index is 12.9. The van der Waals surface area contributed by atoms with Crippen molar-refractivity contribution in [1.82, 2.24) is 5.32 Å². The molecule has 1 nitrogen and oxygen atoms in total. The number of rotatable bonds is 5. The smallest absolute Gasteiger partial charge is 0.123 e. The van der Waals surface area contributed by atoms with Crippen LogP contribution in [-0.4, -0.2) is 13.6 Å². The summed E-state index contributed by atoms with van der Waals surface area (Å²) in [4.78, 5) is 0. The normalized spacial score (nSPS) is 12.4. The maximum Gasteiger partial charge on any atom is 0.123 e. The Bertz CT molecular complexity index is 507. The average Bonchev–Trinajstić information content (AvgIpc) is 2.42. The van der Waals surface area contributed by atoms with Crippen LogP contribution in [0.3, 0.4) is 0 Å². The van der Waals surface area contributed by atoms with Gasteiger partial charge in [0.2, 0.25) is 0 Å². The predicted molar refractivity (Wildman–Crippen MR) is 80.9 cm³/mol. The Morgan fingerprint density at radius 1 is 1.05 bits per heavy atom. The van der Waals surface area contributed by atoms with Crippen LogP contribution < -0.4 is 5.32 Å². The molecule has 0 aromatic heterocycles. The highest BCUT2D eigenvalue weighted by molar-refractivity contribution is 9.10. The number of likely N-dealkylation sites (N-methyl/N-ethyl adjacent to an activating group) is 1. The average molecular weight is 322 g/mol. The number of hydrogen-bond acceptors (Lipinski definition) is 1. The van der Waals surface area contributed by atoms with Crippen molar-refractivity contribution in [3.05, 3.63) is 69.9 Å². The molecule has 0 amide bonds. The van der Waals surface area contributed by atoms with Crippen molar-refractivity contribution >= 4 is 15.9 Å². The molecule has 0 fully saturated rings. The second kappa shape index (κ2) is 6.83. The third kappa shape index (κ3) is 4.15. The van der Waals surface area contributed by atoms with E-state index in [1.165, 1.54) is 17.7 Å². The SMILES string of the molecule is CNCC(Cc1ccc(F)cc1)c1ccc(Br)cc1. The molecule has 2 rings (SSSR count). The molecule has 0 saturated carbocycles. The lowest BCUT2D eigenvalue weighted by atomic mass is 9.92. The monoisotopic (exact) mass is 321 g/mol. The summed E-state index contributed by atoms with van der Waals surface area (Å²) < 4.78 is 14.0. The van der Waals surface area contributed by atoms with Gasteiger partial charge in [0.25, 0.3) is 0 Å². The van der Waals surface area contributed by atoms with Crippen molar-refractivity contribution in [2.75, 3.05) is 13.6 Å². The summed E-state index contributed by atoms with van der Waals surface area (Å²) in [6.07, 6.45) is 0.906. The van der Waals surface area contributed by atoms with Crippen LogP contribution in [0, 0.1) is 5.82 Å². The molecule has 1 unspecified atom stereocenters. The van der Waals surface area contributed by atoms with Crippen molar-refractivity contribution in [2.24, 2.45) is 0 Å². The molecular formula is C16H17BrFN. The molecule has 3 heteroatoms. The van der Waals surface area contributed by atoms with Crippen LogP contribution in [0.2, 0.25) is 0 Å². The summed E-state index contributed by atoms with van der Waals surface area (Å²) in [7, 11) is 1.95. The highest BCUT2D eigenvalue weighted by atomic mass is 79.9. The second-order valence-corrected chi connectivity index (χ2v) is 5.55. The summed E-state index contributed by atoms with van der Waals surface area (Å²) in [6.45, 7) is 0.902. The van der Waals surface area contributed by atoms with Gasteiger partial charge in [-0.2, -0.15) is 0 Å². The molecule has 0 saturated heterocycles. The van der Waals surface area contributed by atoms with E-state index in [4.69, 9.17) is 0 Å². The minimum atomic E-state index is -0.183. The molecular weight excluding hydrogens is 305 g/mol. The molecule has 0 aliphatic carbocycles. The third-order valence-corrected chi connectivity index (χ3v) is 3.72. The van der Waals surface area contributed by atoms with E-state index in [1.807, 2.05) is 19.2 Å².